The molecule has 0 aliphatic carbocycles. The van der Waals surface area contributed by atoms with E-state index in [1.165, 1.54) is 12.3 Å². The number of hydrogen-bond donors (Lipinski definition) is 3. The van der Waals surface area contributed by atoms with Crippen molar-refractivity contribution < 1.29 is 9.18 Å². The molecule has 0 unspecified atom stereocenters. The van der Waals surface area contributed by atoms with Gasteiger partial charge in [-0.3, -0.25) is 4.79 Å². The first kappa shape index (κ1) is 19.6. The maximum absolute atomic E-state index is 13.5. The van der Waals surface area contributed by atoms with E-state index >= 15 is 0 Å². The van der Waals surface area contributed by atoms with Gasteiger partial charge in [-0.2, -0.15) is 5.10 Å². The Morgan fingerprint density at radius 3 is 2.79 bits per heavy atom. The van der Waals surface area contributed by atoms with Gasteiger partial charge in [0.25, 0.3) is 5.95 Å². The van der Waals surface area contributed by atoms with Crippen LogP contribution in [0, 0.1) is 5.82 Å². The van der Waals surface area contributed by atoms with E-state index in [1.54, 1.807) is 42.5 Å². The monoisotopic (exact) mass is 419 g/mol. The van der Waals surface area contributed by atoms with Gasteiger partial charge in [0, 0.05) is 5.56 Å². The number of nitrogens with two attached hydrogens (primary N) is 1. The van der Waals surface area contributed by atoms with Crippen LogP contribution in [0.1, 0.15) is 5.56 Å². The van der Waals surface area contributed by atoms with Crippen molar-refractivity contribution >= 4 is 47.1 Å². The number of amides is 1. The highest BCUT2D eigenvalue weighted by molar-refractivity contribution is 7.99. The molecule has 0 fully saturated rings. The van der Waals surface area contributed by atoms with Gasteiger partial charge in [-0.05, 0) is 18.2 Å². The van der Waals surface area contributed by atoms with Gasteiger partial charge in [0.1, 0.15) is 5.82 Å². The smallest absolute Gasteiger partial charge is 0.264 e. The second kappa shape index (κ2) is 9.20. The Labute approximate surface area is 168 Å². The molecular formula is C17H15ClFN7OS. The number of rotatable bonds is 7. The van der Waals surface area contributed by atoms with E-state index in [1.807, 2.05) is 0 Å². The molecule has 0 spiro atoms. The van der Waals surface area contributed by atoms with Crippen molar-refractivity contribution in [1.29, 1.82) is 0 Å². The molecule has 8 nitrogen and oxygen atoms in total. The molecule has 1 heterocycles. The molecule has 144 valence electrons. The lowest BCUT2D eigenvalue weighted by atomic mass is 10.2. The maximum Gasteiger partial charge on any atom is 0.264 e. The third kappa shape index (κ3) is 4.99. The Kier molecular flexibility index (Phi) is 6.45. The van der Waals surface area contributed by atoms with E-state index in [0.29, 0.717) is 21.4 Å². The topological polar surface area (TPSA) is 110 Å². The zero-order chi connectivity index (χ0) is 19.9. The minimum Gasteiger partial charge on any atom is -0.334 e. The number of hydrogen-bond acceptors (Lipinski definition) is 7. The number of nitrogens with one attached hydrogen (secondary N) is 2. The predicted octanol–water partition coefficient (Wildman–Crippen LogP) is 2.96. The van der Waals surface area contributed by atoms with E-state index in [-0.39, 0.29) is 17.6 Å². The standard InChI is InChI=1S/C17H15ClFN7OS/c18-12-6-2-4-8-14(12)22-15(27)10-28-17-25-24-16(26(17)20)23-21-9-11-5-1-3-7-13(11)19/h1-9H,10,20H2,(H,22,27)(H,23,24)/b21-9+. The van der Waals surface area contributed by atoms with Crippen LogP contribution in [0.25, 0.3) is 0 Å². The molecular weight excluding hydrogens is 405 g/mol. The first-order valence-electron chi connectivity index (χ1n) is 7.96. The minimum absolute atomic E-state index is 0.0546. The number of thioether (sulfide) groups is 1. The van der Waals surface area contributed by atoms with Crippen LogP contribution in [0.4, 0.5) is 16.0 Å². The van der Waals surface area contributed by atoms with Crippen molar-refractivity contribution in [1.82, 2.24) is 14.9 Å². The molecule has 0 aliphatic heterocycles. The molecule has 0 radical (unpaired) electrons. The van der Waals surface area contributed by atoms with Gasteiger partial charge >= 0.3 is 0 Å². The van der Waals surface area contributed by atoms with E-state index < -0.39 is 5.82 Å². The first-order chi connectivity index (χ1) is 13.5. The van der Waals surface area contributed by atoms with Crippen molar-refractivity contribution in [3.63, 3.8) is 0 Å². The minimum atomic E-state index is -0.400. The SMILES string of the molecule is Nn1c(N/N=C/c2ccccc2F)nnc1SCC(=O)Nc1ccccc1Cl. The average molecular weight is 420 g/mol. The quantitative estimate of drug-likeness (QED) is 0.235. The van der Waals surface area contributed by atoms with Crippen molar-refractivity contribution in [2.24, 2.45) is 5.10 Å². The first-order valence-corrected chi connectivity index (χ1v) is 9.32. The largest absolute Gasteiger partial charge is 0.334 e. The molecule has 3 rings (SSSR count). The number of anilines is 2. The fourth-order valence-corrected chi connectivity index (χ4v) is 2.91. The highest BCUT2D eigenvalue weighted by Crippen LogP contribution is 2.22. The van der Waals surface area contributed by atoms with Gasteiger partial charge < -0.3 is 11.2 Å². The van der Waals surface area contributed by atoms with Crippen LogP contribution in [-0.2, 0) is 4.79 Å². The number of halogens is 2. The Balaban J connectivity index is 1.55. The predicted molar refractivity (Wildman–Crippen MR) is 109 cm³/mol. The lowest BCUT2D eigenvalue weighted by Gasteiger charge is -2.06. The van der Waals surface area contributed by atoms with Crippen LogP contribution in [-0.4, -0.2) is 32.7 Å². The molecule has 2 aromatic carbocycles. The number of carbonyl (C=O) groups excluding carboxylic acids is 1. The average Bonchev–Trinajstić information content (AvgIpc) is 3.03. The van der Waals surface area contributed by atoms with Crippen molar-refractivity contribution in [2.45, 2.75) is 5.16 Å². The fraction of sp³-hybridized carbons (Fsp3) is 0.0588. The van der Waals surface area contributed by atoms with Gasteiger partial charge in [0.05, 0.1) is 22.7 Å². The van der Waals surface area contributed by atoms with Crippen molar-refractivity contribution in [3.05, 3.63) is 64.9 Å². The highest BCUT2D eigenvalue weighted by Gasteiger charge is 2.12. The van der Waals surface area contributed by atoms with Gasteiger partial charge in [-0.1, -0.05) is 53.7 Å². The van der Waals surface area contributed by atoms with Crippen molar-refractivity contribution in [2.75, 3.05) is 22.3 Å². The normalized spacial score (nSPS) is 10.9. The number of para-hydroxylation sites is 1. The highest BCUT2D eigenvalue weighted by atomic mass is 35.5. The number of nitrogens with zero attached hydrogens (tertiary/aromatic N) is 4. The zero-order valence-corrected chi connectivity index (χ0v) is 15.9. The molecule has 0 saturated carbocycles. The summed E-state index contributed by atoms with van der Waals surface area (Å²) in [6, 6.07) is 13.1. The summed E-state index contributed by atoms with van der Waals surface area (Å²) in [4.78, 5) is 12.1. The zero-order valence-electron chi connectivity index (χ0n) is 14.3. The number of nitrogen functional groups attached to an aromatic ring is 1. The second-order valence-electron chi connectivity index (χ2n) is 5.38. The Bertz CT molecular complexity index is 1010. The van der Waals surface area contributed by atoms with Crippen LogP contribution in [0.5, 0.6) is 0 Å². The lowest BCUT2D eigenvalue weighted by molar-refractivity contribution is -0.113. The summed E-state index contributed by atoms with van der Waals surface area (Å²) >= 11 is 7.09. The molecule has 1 amide bonds. The molecule has 3 aromatic rings. The number of hydrazone groups is 1. The van der Waals surface area contributed by atoms with Gasteiger partial charge in [-0.25, -0.2) is 14.5 Å². The molecule has 0 saturated heterocycles. The Hall–Kier alpha value is -3.11. The van der Waals surface area contributed by atoms with Crippen molar-refractivity contribution in [3.8, 4) is 0 Å². The third-order valence-electron chi connectivity index (χ3n) is 3.42. The summed E-state index contributed by atoms with van der Waals surface area (Å²) in [6.45, 7) is 0. The molecule has 0 aliphatic rings. The van der Waals surface area contributed by atoms with Crippen LogP contribution in [0.15, 0.2) is 58.8 Å². The van der Waals surface area contributed by atoms with Crippen LogP contribution in [0.3, 0.4) is 0 Å². The lowest BCUT2D eigenvalue weighted by Crippen LogP contribution is -2.17. The molecule has 0 bridgehead atoms. The van der Waals surface area contributed by atoms with Crippen LogP contribution >= 0.6 is 23.4 Å². The fourth-order valence-electron chi connectivity index (χ4n) is 2.07. The molecule has 0 atom stereocenters. The molecule has 28 heavy (non-hydrogen) atoms. The summed E-state index contributed by atoms with van der Waals surface area (Å²) in [7, 11) is 0. The van der Waals surface area contributed by atoms with Gasteiger partial charge in [0.15, 0.2) is 0 Å². The molecule has 4 N–H and O–H groups in total. The maximum atomic E-state index is 13.5. The number of aromatic nitrogens is 3. The van der Waals surface area contributed by atoms with Gasteiger partial charge in [0.2, 0.25) is 11.1 Å². The summed E-state index contributed by atoms with van der Waals surface area (Å²) in [5, 5.41) is 15.1. The Morgan fingerprint density at radius 2 is 2.00 bits per heavy atom. The Morgan fingerprint density at radius 1 is 1.25 bits per heavy atom. The molecule has 1 aromatic heterocycles. The summed E-state index contributed by atoms with van der Waals surface area (Å²) < 4.78 is 14.7. The summed E-state index contributed by atoms with van der Waals surface area (Å²) in [5.74, 6) is 5.41. The molecule has 11 heteroatoms. The van der Waals surface area contributed by atoms with Crippen LogP contribution in [0.2, 0.25) is 5.02 Å². The van der Waals surface area contributed by atoms with E-state index in [9.17, 15) is 9.18 Å². The number of carbonyl (C=O) groups is 1. The second-order valence-corrected chi connectivity index (χ2v) is 6.73. The summed E-state index contributed by atoms with van der Waals surface area (Å²) in [5.41, 5.74) is 3.41. The van der Waals surface area contributed by atoms with E-state index in [0.717, 1.165) is 16.4 Å². The van der Waals surface area contributed by atoms with E-state index in [4.69, 9.17) is 17.4 Å². The third-order valence-corrected chi connectivity index (χ3v) is 4.69. The summed E-state index contributed by atoms with van der Waals surface area (Å²) in [6.07, 6.45) is 1.30. The van der Waals surface area contributed by atoms with Gasteiger partial charge in [-0.15, -0.1) is 10.2 Å². The number of benzene rings is 2. The van der Waals surface area contributed by atoms with E-state index in [2.05, 4.69) is 26.0 Å². The van der Waals surface area contributed by atoms with Crippen LogP contribution < -0.4 is 16.6 Å².